The minimum Gasteiger partial charge on any atom is -0.426 e. The van der Waals surface area contributed by atoms with Crippen molar-refractivity contribution in [3.63, 3.8) is 0 Å². The minimum absolute atomic E-state index is 0.0837. The van der Waals surface area contributed by atoms with Gasteiger partial charge in [-0.05, 0) is 24.1 Å². The predicted molar refractivity (Wildman–Crippen MR) is 116 cm³/mol. The molecule has 3 aromatic rings. The van der Waals surface area contributed by atoms with Gasteiger partial charge in [0.2, 0.25) is 5.12 Å². The molecule has 0 aromatic heterocycles. The van der Waals surface area contributed by atoms with Gasteiger partial charge < -0.3 is 4.74 Å². The molecule has 0 spiro atoms. The summed E-state index contributed by atoms with van der Waals surface area (Å²) in [5, 5.41) is 10.7. The van der Waals surface area contributed by atoms with Crippen LogP contribution >= 0.6 is 11.8 Å². The molecule has 0 saturated carbocycles. The fourth-order valence-corrected chi connectivity index (χ4v) is 3.69. The van der Waals surface area contributed by atoms with Gasteiger partial charge in [-0.25, -0.2) is 0 Å². The van der Waals surface area contributed by atoms with Crippen LogP contribution in [0.3, 0.4) is 0 Å². The summed E-state index contributed by atoms with van der Waals surface area (Å²) >= 11 is 1.07. The number of ether oxygens (including phenoxy) is 1. The first-order valence-corrected chi connectivity index (χ1v) is 10.2. The number of carbonyl (C=O) groups excluding carboxylic acids is 2. The topological polar surface area (TPSA) is 86.5 Å². The van der Waals surface area contributed by atoms with E-state index in [0.717, 1.165) is 17.3 Å². The van der Waals surface area contributed by atoms with Gasteiger partial charge in [-0.1, -0.05) is 72.4 Å². The van der Waals surface area contributed by atoms with Gasteiger partial charge in [-0.15, -0.1) is 0 Å². The number of nitro benzene ring substituents is 1. The highest BCUT2D eigenvalue weighted by Crippen LogP contribution is 2.23. The summed E-state index contributed by atoms with van der Waals surface area (Å²) in [4.78, 5) is 35.5. The van der Waals surface area contributed by atoms with Crippen molar-refractivity contribution in [2.75, 3.05) is 5.75 Å². The van der Waals surface area contributed by atoms with Crippen LogP contribution in [0.15, 0.2) is 84.9 Å². The van der Waals surface area contributed by atoms with Gasteiger partial charge in [0.25, 0.3) is 5.69 Å². The maximum atomic E-state index is 12.8. The van der Waals surface area contributed by atoms with Gasteiger partial charge >= 0.3 is 5.97 Å². The van der Waals surface area contributed by atoms with Crippen molar-refractivity contribution >= 4 is 28.5 Å². The molecule has 1 unspecified atom stereocenters. The van der Waals surface area contributed by atoms with Crippen LogP contribution in [0.2, 0.25) is 0 Å². The van der Waals surface area contributed by atoms with E-state index in [2.05, 4.69) is 0 Å². The second-order valence-corrected chi connectivity index (χ2v) is 7.52. The first kappa shape index (κ1) is 21.3. The van der Waals surface area contributed by atoms with Crippen LogP contribution in [-0.2, 0) is 11.2 Å². The van der Waals surface area contributed by atoms with Crippen LogP contribution in [-0.4, -0.2) is 21.8 Å². The molecule has 0 aliphatic carbocycles. The molecule has 7 heteroatoms. The number of hydrogen-bond donors (Lipinski definition) is 0. The monoisotopic (exact) mass is 421 g/mol. The number of nitro groups is 1. The number of nitrogens with zero attached hydrogens (tertiary/aromatic N) is 1. The molecule has 3 aromatic carbocycles. The molecule has 0 fully saturated rings. The minimum atomic E-state index is -0.555. The van der Waals surface area contributed by atoms with Crippen molar-refractivity contribution in [3.05, 3.63) is 106 Å². The third-order valence-electron chi connectivity index (χ3n) is 4.35. The van der Waals surface area contributed by atoms with Crippen LogP contribution in [0.25, 0.3) is 0 Å². The first-order chi connectivity index (χ1) is 14.5. The molecular formula is C23H19NO5S. The molecule has 152 valence electrons. The summed E-state index contributed by atoms with van der Waals surface area (Å²) in [5.74, 6) is -0.557. The van der Waals surface area contributed by atoms with Crippen LogP contribution in [0.5, 0.6) is 5.75 Å². The standard InChI is InChI=1S/C23H19NO5S/c25-22(29-21-13-11-20(12-14-21)24(27)28)19(15-17-7-3-1-4-8-17)16-30-23(26)18-9-5-2-6-10-18/h1-14,19H,15-16H2. The summed E-state index contributed by atoms with van der Waals surface area (Å²) in [5.41, 5.74) is 1.44. The van der Waals surface area contributed by atoms with Gasteiger partial charge in [-0.2, -0.15) is 0 Å². The average Bonchev–Trinajstić information content (AvgIpc) is 2.78. The Morgan fingerprint density at radius 3 is 2.10 bits per heavy atom. The molecule has 6 nitrogen and oxygen atoms in total. The maximum Gasteiger partial charge on any atom is 0.315 e. The van der Waals surface area contributed by atoms with Crippen molar-refractivity contribution < 1.29 is 19.2 Å². The number of carbonyl (C=O) groups is 2. The lowest BCUT2D eigenvalue weighted by Gasteiger charge is -2.15. The van der Waals surface area contributed by atoms with E-state index >= 15 is 0 Å². The van der Waals surface area contributed by atoms with E-state index in [-0.39, 0.29) is 22.3 Å². The van der Waals surface area contributed by atoms with Crippen LogP contribution in [0.1, 0.15) is 15.9 Å². The van der Waals surface area contributed by atoms with Crippen molar-refractivity contribution in [2.24, 2.45) is 5.92 Å². The molecule has 0 amide bonds. The van der Waals surface area contributed by atoms with Crippen molar-refractivity contribution in [3.8, 4) is 5.75 Å². The van der Waals surface area contributed by atoms with Gasteiger partial charge in [-0.3, -0.25) is 19.7 Å². The molecule has 1 atom stereocenters. The number of hydrogen-bond acceptors (Lipinski definition) is 6. The Balaban J connectivity index is 1.70. The van der Waals surface area contributed by atoms with Gasteiger partial charge in [0.1, 0.15) is 5.75 Å². The molecule has 0 N–H and O–H groups in total. The van der Waals surface area contributed by atoms with Crippen LogP contribution in [0.4, 0.5) is 5.69 Å². The average molecular weight is 421 g/mol. The zero-order valence-corrected chi connectivity index (χ0v) is 16.8. The number of benzene rings is 3. The van der Waals surface area contributed by atoms with Crippen molar-refractivity contribution in [1.29, 1.82) is 0 Å². The lowest BCUT2D eigenvalue weighted by atomic mass is 10.0. The normalized spacial score (nSPS) is 11.5. The smallest absolute Gasteiger partial charge is 0.315 e. The summed E-state index contributed by atoms with van der Waals surface area (Å²) < 4.78 is 5.44. The molecule has 0 aliphatic rings. The SMILES string of the molecule is O=C(SCC(Cc1ccccc1)C(=O)Oc1ccc([N+](=O)[O-])cc1)c1ccccc1. The molecule has 0 aliphatic heterocycles. The molecule has 0 radical (unpaired) electrons. The predicted octanol–water partition coefficient (Wildman–Crippen LogP) is 4.93. The highest BCUT2D eigenvalue weighted by Gasteiger charge is 2.23. The van der Waals surface area contributed by atoms with Gasteiger partial charge in [0.05, 0.1) is 10.8 Å². The summed E-state index contributed by atoms with van der Waals surface area (Å²) in [7, 11) is 0. The Labute approximate surface area is 178 Å². The van der Waals surface area contributed by atoms with Crippen molar-refractivity contribution in [1.82, 2.24) is 0 Å². The summed E-state index contributed by atoms with van der Waals surface area (Å²) in [6.45, 7) is 0. The van der Waals surface area contributed by atoms with Gasteiger partial charge in [0.15, 0.2) is 0 Å². The Hall–Kier alpha value is -3.45. The number of esters is 1. The second-order valence-electron chi connectivity index (χ2n) is 6.52. The third-order valence-corrected chi connectivity index (χ3v) is 5.42. The van der Waals surface area contributed by atoms with E-state index in [1.807, 2.05) is 36.4 Å². The van der Waals surface area contributed by atoms with E-state index in [1.165, 1.54) is 24.3 Å². The second kappa shape index (κ2) is 10.4. The summed E-state index contributed by atoms with van der Waals surface area (Å²) in [6, 6.07) is 23.7. The van der Waals surface area contributed by atoms with E-state index in [1.54, 1.807) is 24.3 Å². The van der Waals surface area contributed by atoms with Crippen LogP contribution in [0, 0.1) is 16.0 Å². The number of thioether (sulfide) groups is 1. The Morgan fingerprint density at radius 1 is 0.900 bits per heavy atom. The lowest BCUT2D eigenvalue weighted by molar-refractivity contribution is -0.384. The van der Waals surface area contributed by atoms with E-state index in [9.17, 15) is 19.7 Å². The Morgan fingerprint density at radius 2 is 1.50 bits per heavy atom. The lowest BCUT2D eigenvalue weighted by Crippen LogP contribution is -2.25. The van der Waals surface area contributed by atoms with Gasteiger partial charge in [0, 0.05) is 23.4 Å². The maximum absolute atomic E-state index is 12.8. The third kappa shape index (κ3) is 6.02. The largest absolute Gasteiger partial charge is 0.426 e. The zero-order chi connectivity index (χ0) is 21.3. The molecule has 0 bridgehead atoms. The Kier molecular flexibility index (Phi) is 7.34. The van der Waals surface area contributed by atoms with E-state index in [4.69, 9.17) is 4.74 Å². The fourth-order valence-electron chi connectivity index (χ4n) is 2.78. The molecule has 0 heterocycles. The Bertz CT molecular complexity index is 1010. The van der Waals surface area contributed by atoms with E-state index in [0.29, 0.717) is 12.0 Å². The molecule has 30 heavy (non-hydrogen) atoms. The quantitative estimate of drug-likeness (QED) is 0.222. The molecule has 0 saturated heterocycles. The molecule has 3 rings (SSSR count). The fraction of sp³-hybridized carbons (Fsp3) is 0.130. The van der Waals surface area contributed by atoms with E-state index < -0.39 is 16.8 Å². The highest BCUT2D eigenvalue weighted by molar-refractivity contribution is 8.14. The highest BCUT2D eigenvalue weighted by atomic mass is 32.2. The number of non-ortho nitro benzene ring substituents is 1. The number of rotatable bonds is 8. The molecular weight excluding hydrogens is 402 g/mol. The van der Waals surface area contributed by atoms with Crippen LogP contribution < -0.4 is 4.74 Å². The summed E-state index contributed by atoms with van der Waals surface area (Å²) in [6.07, 6.45) is 0.418. The first-order valence-electron chi connectivity index (χ1n) is 9.25. The zero-order valence-electron chi connectivity index (χ0n) is 16.0. The van der Waals surface area contributed by atoms with Crippen molar-refractivity contribution in [2.45, 2.75) is 6.42 Å².